The fourth-order valence-electron chi connectivity index (χ4n) is 1.92. The number of alkyl halides is 3. The van der Waals surface area contributed by atoms with E-state index in [0.29, 0.717) is 11.3 Å². The Labute approximate surface area is 134 Å². The molecule has 1 amide bonds. The Morgan fingerprint density at radius 3 is 2.54 bits per heavy atom. The van der Waals surface area contributed by atoms with E-state index in [2.05, 4.69) is 15.6 Å². The molecule has 0 spiro atoms. The Balaban J connectivity index is 2.33. The van der Waals surface area contributed by atoms with E-state index in [4.69, 9.17) is 4.74 Å². The molecular weight excluding hydrogens is 332 g/mol. The summed E-state index contributed by atoms with van der Waals surface area (Å²) in [5.74, 6) is -1.63. The highest BCUT2D eigenvalue weighted by molar-refractivity contribution is 5.93. The van der Waals surface area contributed by atoms with Crippen molar-refractivity contribution >= 4 is 5.91 Å². The van der Waals surface area contributed by atoms with Crippen molar-refractivity contribution < 1.29 is 27.1 Å². The molecule has 24 heavy (non-hydrogen) atoms. The number of halogens is 4. The number of hydrogen-bond acceptors (Lipinski definition) is 4. The van der Waals surface area contributed by atoms with Gasteiger partial charge in [0.2, 0.25) is 0 Å². The highest BCUT2D eigenvalue weighted by Crippen LogP contribution is 2.32. The molecule has 0 aliphatic heterocycles. The third-order valence-corrected chi connectivity index (χ3v) is 2.96. The zero-order valence-corrected chi connectivity index (χ0v) is 12.6. The number of nitrogens with one attached hydrogen (secondary N) is 1. The first-order chi connectivity index (χ1) is 11.3. The van der Waals surface area contributed by atoms with E-state index in [1.807, 2.05) is 0 Å². The quantitative estimate of drug-likeness (QED) is 0.643. The van der Waals surface area contributed by atoms with Crippen molar-refractivity contribution in [2.75, 3.05) is 19.8 Å². The van der Waals surface area contributed by atoms with Crippen LogP contribution in [0.4, 0.5) is 17.6 Å². The lowest BCUT2D eigenvalue weighted by Crippen LogP contribution is -2.30. The minimum Gasteiger partial charge on any atom is -0.380 e. The van der Waals surface area contributed by atoms with E-state index < -0.39 is 29.3 Å². The van der Waals surface area contributed by atoms with Gasteiger partial charge in [-0.1, -0.05) is 5.21 Å². The standard InChI is InChI=1S/C14H14F4N4O2/c1-2-24-8-7-19-13(23)11-12(14(16,17)18)22(21-20-11)10-5-3-9(15)4-6-10/h3-6H,2,7-8H2,1H3,(H,19,23). The number of hydrogen-bond donors (Lipinski definition) is 1. The molecule has 6 nitrogen and oxygen atoms in total. The largest absolute Gasteiger partial charge is 0.435 e. The average Bonchev–Trinajstić information content (AvgIpc) is 2.97. The summed E-state index contributed by atoms with van der Waals surface area (Å²) in [6.45, 7) is 2.37. The monoisotopic (exact) mass is 346 g/mol. The molecule has 0 saturated carbocycles. The second-order valence-corrected chi connectivity index (χ2v) is 4.63. The molecule has 0 bridgehead atoms. The number of carbonyl (C=O) groups is 1. The molecule has 0 aliphatic carbocycles. The van der Waals surface area contributed by atoms with Gasteiger partial charge in [0, 0.05) is 13.2 Å². The summed E-state index contributed by atoms with van der Waals surface area (Å²) < 4.78 is 58.4. The Kier molecular flexibility index (Phi) is 5.50. The van der Waals surface area contributed by atoms with E-state index in [9.17, 15) is 22.4 Å². The molecule has 1 heterocycles. The lowest BCUT2D eigenvalue weighted by molar-refractivity contribution is -0.143. The fraction of sp³-hybridized carbons (Fsp3) is 0.357. The SMILES string of the molecule is CCOCCNC(=O)c1nnn(-c2ccc(F)cc2)c1C(F)(F)F. The lowest BCUT2D eigenvalue weighted by Gasteiger charge is -2.11. The van der Waals surface area contributed by atoms with Gasteiger partial charge < -0.3 is 10.1 Å². The number of aromatic nitrogens is 3. The molecular formula is C14H14F4N4O2. The summed E-state index contributed by atoms with van der Waals surface area (Å²) in [6.07, 6.45) is -4.87. The first-order valence-electron chi connectivity index (χ1n) is 6.99. The number of rotatable bonds is 6. The zero-order chi connectivity index (χ0) is 17.7. The molecule has 2 aromatic rings. The molecule has 130 valence electrons. The van der Waals surface area contributed by atoms with Crippen LogP contribution >= 0.6 is 0 Å². The summed E-state index contributed by atoms with van der Waals surface area (Å²) in [4.78, 5) is 11.9. The number of carbonyl (C=O) groups excluding carboxylic acids is 1. The Hall–Kier alpha value is -2.49. The van der Waals surface area contributed by atoms with Gasteiger partial charge in [0.1, 0.15) is 5.82 Å². The predicted molar refractivity (Wildman–Crippen MR) is 75.1 cm³/mol. The maximum absolute atomic E-state index is 13.3. The summed E-state index contributed by atoms with van der Waals surface area (Å²) in [6, 6.07) is 4.18. The van der Waals surface area contributed by atoms with Gasteiger partial charge in [-0.25, -0.2) is 9.07 Å². The normalized spacial score (nSPS) is 11.5. The van der Waals surface area contributed by atoms with Crippen LogP contribution in [0.5, 0.6) is 0 Å². The number of nitrogens with zero attached hydrogens (tertiary/aromatic N) is 3. The van der Waals surface area contributed by atoms with Crippen LogP contribution in [0.15, 0.2) is 24.3 Å². The highest BCUT2D eigenvalue weighted by atomic mass is 19.4. The smallest absolute Gasteiger partial charge is 0.380 e. The topological polar surface area (TPSA) is 69.0 Å². The summed E-state index contributed by atoms with van der Waals surface area (Å²) >= 11 is 0. The van der Waals surface area contributed by atoms with Gasteiger partial charge in [0.15, 0.2) is 11.4 Å². The molecule has 0 atom stereocenters. The van der Waals surface area contributed by atoms with Gasteiger partial charge in [-0.05, 0) is 31.2 Å². The molecule has 10 heteroatoms. The van der Waals surface area contributed by atoms with Crippen molar-refractivity contribution in [1.29, 1.82) is 0 Å². The van der Waals surface area contributed by atoms with Gasteiger partial charge in [-0.15, -0.1) is 5.10 Å². The minimum absolute atomic E-state index is 0.0351. The van der Waals surface area contributed by atoms with Crippen molar-refractivity contribution in [2.24, 2.45) is 0 Å². The van der Waals surface area contributed by atoms with Gasteiger partial charge in [0.05, 0.1) is 12.3 Å². The van der Waals surface area contributed by atoms with Gasteiger partial charge in [-0.2, -0.15) is 13.2 Å². The van der Waals surface area contributed by atoms with Crippen LogP contribution in [0.2, 0.25) is 0 Å². The van der Waals surface area contributed by atoms with E-state index in [1.165, 1.54) is 0 Å². The summed E-state index contributed by atoms with van der Waals surface area (Å²) in [5, 5.41) is 8.99. The maximum atomic E-state index is 13.3. The molecule has 1 N–H and O–H groups in total. The molecule has 0 fully saturated rings. The molecule has 1 aromatic carbocycles. The maximum Gasteiger partial charge on any atom is 0.435 e. The second kappa shape index (κ2) is 7.39. The van der Waals surface area contributed by atoms with Crippen LogP contribution < -0.4 is 5.32 Å². The van der Waals surface area contributed by atoms with Crippen LogP contribution in [0.3, 0.4) is 0 Å². The Morgan fingerprint density at radius 2 is 1.96 bits per heavy atom. The Morgan fingerprint density at radius 1 is 1.29 bits per heavy atom. The van der Waals surface area contributed by atoms with Crippen molar-refractivity contribution in [1.82, 2.24) is 20.3 Å². The van der Waals surface area contributed by atoms with Crippen LogP contribution in [0.1, 0.15) is 23.1 Å². The van der Waals surface area contributed by atoms with E-state index in [-0.39, 0.29) is 18.8 Å². The first kappa shape index (κ1) is 17.9. The van der Waals surface area contributed by atoms with Gasteiger partial charge >= 0.3 is 6.18 Å². The summed E-state index contributed by atoms with van der Waals surface area (Å²) in [7, 11) is 0. The van der Waals surface area contributed by atoms with E-state index >= 15 is 0 Å². The molecule has 0 radical (unpaired) electrons. The van der Waals surface area contributed by atoms with Crippen molar-refractivity contribution in [3.8, 4) is 5.69 Å². The van der Waals surface area contributed by atoms with E-state index in [1.54, 1.807) is 6.92 Å². The second-order valence-electron chi connectivity index (χ2n) is 4.63. The Bertz CT molecular complexity index is 698. The predicted octanol–water partition coefficient (Wildman–Crippen LogP) is 2.19. The van der Waals surface area contributed by atoms with Crippen molar-refractivity contribution in [2.45, 2.75) is 13.1 Å². The fourth-order valence-corrected chi connectivity index (χ4v) is 1.92. The molecule has 1 aromatic heterocycles. The lowest BCUT2D eigenvalue weighted by atomic mass is 10.2. The third-order valence-electron chi connectivity index (χ3n) is 2.96. The molecule has 0 unspecified atom stereocenters. The average molecular weight is 346 g/mol. The van der Waals surface area contributed by atoms with Gasteiger partial charge in [0.25, 0.3) is 5.91 Å². The van der Waals surface area contributed by atoms with Gasteiger partial charge in [-0.3, -0.25) is 4.79 Å². The third kappa shape index (κ3) is 4.07. The number of amides is 1. The first-order valence-corrected chi connectivity index (χ1v) is 6.99. The number of ether oxygens (including phenoxy) is 1. The number of benzene rings is 1. The van der Waals surface area contributed by atoms with Crippen LogP contribution in [0.25, 0.3) is 5.69 Å². The van der Waals surface area contributed by atoms with Crippen molar-refractivity contribution in [3.05, 3.63) is 41.5 Å². The van der Waals surface area contributed by atoms with Crippen LogP contribution in [-0.2, 0) is 10.9 Å². The zero-order valence-electron chi connectivity index (χ0n) is 12.6. The van der Waals surface area contributed by atoms with Crippen LogP contribution in [-0.4, -0.2) is 40.7 Å². The van der Waals surface area contributed by atoms with Crippen LogP contribution in [0, 0.1) is 5.82 Å². The summed E-state index contributed by atoms with van der Waals surface area (Å²) in [5.41, 5.74) is -2.25. The molecule has 0 saturated heterocycles. The van der Waals surface area contributed by atoms with Crippen molar-refractivity contribution in [3.63, 3.8) is 0 Å². The highest BCUT2D eigenvalue weighted by Gasteiger charge is 2.41. The molecule has 2 rings (SSSR count). The molecule has 0 aliphatic rings. The minimum atomic E-state index is -4.87. The van der Waals surface area contributed by atoms with E-state index in [0.717, 1.165) is 24.3 Å².